The van der Waals surface area contributed by atoms with Crippen LogP contribution in [0.5, 0.6) is 0 Å². The summed E-state index contributed by atoms with van der Waals surface area (Å²) >= 11 is 6.04. The van der Waals surface area contributed by atoms with Gasteiger partial charge in [-0.25, -0.2) is 4.68 Å². The Morgan fingerprint density at radius 1 is 1.27 bits per heavy atom. The highest BCUT2D eigenvalue weighted by atomic mass is 35.5. The zero-order valence-electron chi connectivity index (χ0n) is 14.5. The van der Waals surface area contributed by atoms with E-state index in [1.807, 2.05) is 36.7 Å². The van der Waals surface area contributed by atoms with Crippen molar-refractivity contribution in [2.45, 2.75) is 12.6 Å². The second-order valence-electron chi connectivity index (χ2n) is 6.81. The molecule has 0 spiro atoms. The van der Waals surface area contributed by atoms with Gasteiger partial charge in [-0.1, -0.05) is 17.7 Å². The van der Waals surface area contributed by atoms with Gasteiger partial charge in [0.05, 0.1) is 18.4 Å². The van der Waals surface area contributed by atoms with E-state index in [0.717, 1.165) is 17.8 Å². The Morgan fingerprint density at radius 3 is 2.92 bits per heavy atom. The molecule has 8 heteroatoms. The fraction of sp³-hybridized carbons (Fsp3) is 0.389. The number of carbonyl (C=O) groups is 2. The average Bonchev–Trinajstić information content (AvgIpc) is 3.08. The molecule has 0 unspecified atom stereocenters. The number of piperazine rings is 2. The summed E-state index contributed by atoms with van der Waals surface area (Å²) in [4.78, 5) is 30.0. The molecule has 2 amide bonds. The first-order chi connectivity index (χ1) is 12.5. The minimum absolute atomic E-state index is 0.0175. The third-order valence-electron chi connectivity index (χ3n) is 4.93. The first-order valence-electron chi connectivity index (χ1n) is 8.57. The van der Waals surface area contributed by atoms with Crippen LogP contribution in [-0.2, 0) is 16.1 Å². The van der Waals surface area contributed by atoms with Gasteiger partial charge in [-0.05, 0) is 18.2 Å². The van der Waals surface area contributed by atoms with E-state index in [1.165, 1.54) is 4.90 Å². The van der Waals surface area contributed by atoms with Crippen LogP contribution in [0.1, 0.15) is 5.56 Å². The quantitative estimate of drug-likeness (QED) is 0.805. The summed E-state index contributed by atoms with van der Waals surface area (Å²) in [6, 6.07) is 7.15. The van der Waals surface area contributed by atoms with Gasteiger partial charge in [0, 0.05) is 50.0 Å². The minimum atomic E-state index is -0.377. The number of likely N-dealkylation sites (N-methyl/N-ethyl adjacent to an activating group) is 1. The molecule has 0 bridgehead atoms. The largest absolute Gasteiger partial charge is 0.335 e. The van der Waals surface area contributed by atoms with E-state index in [4.69, 9.17) is 11.6 Å². The van der Waals surface area contributed by atoms with Crippen molar-refractivity contribution in [1.29, 1.82) is 0 Å². The average molecular weight is 374 g/mol. The van der Waals surface area contributed by atoms with Crippen LogP contribution in [0.3, 0.4) is 0 Å². The lowest BCUT2D eigenvalue weighted by atomic mass is 10.1. The van der Waals surface area contributed by atoms with Gasteiger partial charge in [-0.3, -0.25) is 14.5 Å². The molecule has 26 heavy (non-hydrogen) atoms. The predicted molar refractivity (Wildman–Crippen MR) is 97.0 cm³/mol. The molecule has 2 saturated heterocycles. The van der Waals surface area contributed by atoms with Crippen molar-refractivity contribution >= 4 is 23.4 Å². The number of carbonyl (C=O) groups excluding carboxylic acids is 2. The smallest absolute Gasteiger partial charge is 0.246 e. The molecular weight excluding hydrogens is 354 g/mol. The summed E-state index contributed by atoms with van der Waals surface area (Å²) in [7, 11) is 1.69. The summed E-state index contributed by atoms with van der Waals surface area (Å²) in [5.74, 6) is 0.0504. The molecule has 0 saturated carbocycles. The monoisotopic (exact) mass is 373 g/mol. The van der Waals surface area contributed by atoms with Crippen molar-refractivity contribution in [3.63, 3.8) is 0 Å². The number of nitrogens with zero attached hydrogens (tertiary/aromatic N) is 5. The molecule has 2 aliphatic heterocycles. The normalized spacial score (nSPS) is 21.2. The molecule has 0 radical (unpaired) electrons. The van der Waals surface area contributed by atoms with Crippen molar-refractivity contribution in [3.8, 4) is 5.69 Å². The minimum Gasteiger partial charge on any atom is -0.335 e. The summed E-state index contributed by atoms with van der Waals surface area (Å²) in [5, 5.41) is 5.07. The molecule has 136 valence electrons. The molecule has 3 heterocycles. The molecule has 2 aliphatic rings. The highest BCUT2D eigenvalue weighted by Crippen LogP contribution is 2.20. The molecule has 2 fully saturated rings. The van der Waals surface area contributed by atoms with Crippen molar-refractivity contribution in [1.82, 2.24) is 24.5 Å². The van der Waals surface area contributed by atoms with E-state index in [2.05, 4.69) is 10.00 Å². The second kappa shape index (κ2) is 6.74. The molecule has 1 atom stereocenters. The van der Waals surface area contributed by atoms with Gasteiger partial charge >= 0.3 is 0 Å². The van der Waals surface area contributed by atoms with Crippen LogP contribution >= 0.6 is 11.6 Å². The maximum absolute atomic E-state index is 12.4. The van der Waals surface area contributed by atoms with Crippen molar-refractivity contribution in [3.05, 3.63) is 47.2 Å². The Morgan fingerprint density at radius 2 is 2.12 bits per heavy atom. The second-order valence-corrected chi connectivity index (χ2v) is 7.24. The van der Waals surface area contributed by atoms with Crippen LogP contribution in [0.2, 0.25) is 5.02 Å². The number of fused-ring (bicyclic) bond motifs is 1. The molecule has 1 aromatic heterocycles. The number of hydrogen-bond donors (Lipinski definition) is 0. The van der Waals surface area contributed by atoms with Gasteiger partial charge in [0.2, 0.25) is 11.8 Å². The first-order valence-corrected chi connectivity index (χ1v) is 8.95. The van der Waals surface area contributed by atoms with Gasteiger partial charge in [-0.15, -0.1) is 0 Å². The Balaban J connectivity index is 1.45. The predicted octanol–water partition coefficient (Wildman–Crippen LogP) is 1.01. The Kier molecular flexibility index (Phi) is 4.42. The van der Waals surface area contributed by atoms with Crippen LogP contribution in [0.4, 0.5) is 0 Å². The highest BCUT2D eigenvalue weighted by Gasteiger charge is 2.41. The Hall–Kier alpha value is -2.38. The number of rotatable bonds is 3. The first kappa shape index (κ1) is 17.1. The lowest BCUT2D eigenvalue weighted by molar-refractivity contribution is -0.158. The topological polar surface area (TPSA) is 61.7 Å². The lowest BCUT2D eigenvalue weighted by Gasteiger charge is -2.45. The van der Waals surface area contributed by atoms with E-state index in [9.17, 15) is 9.59 Å². The molecule has 0 N–H and O–H groups in total. The molecule has 1 aromatic carbocycles. The van der Waals surface area contributed by atoms with E-state index >= 15 is 0 Å². The van der Waals surface area contributed by atoms with Gasteiger partial charge in [0.15, 0.2) is 0 Å². The maximum atomic E-state index is 12.4. The molecule has 2 aromatic rings. The molecule has 0 aliphatic carbocycles. The summed E-state index contributed by atoms with van der Waals surface area (Å²) in [6.45, 7) is 2.77. The van der Waals surface area contributed by atoms with Crippen molar-refractivity contribution < 1.29 is 9.59 Å². The van der Waals surface area contributed by atoms with Crippen molar-refractivity contribution in [2.75, 3.05) is 33.2 Å². The molecule has 7 nitrogen and oxygen atoms in total. The third kappa shape index (κ3) is 3.20. The summed E-state index contributed by atoms with van der Waals surface area (Å²) in [6.07, 6.45) is 3.80. The summed E-state index contributed by atoms with van der Waals surface area (Å²) < 4.78 is 1.79. The van der Waals surface area contributed by atoms with Crippen molar-refractivity contribution in [2.24, 2.45) is 0 Å². The standard InChI is InChI=1S/C18H20ClN5O2/c1-21-12-17(25)23-6-5-22(11-16(23)18(21)26)9-13-8-20-24(10-13)15-4-2-3-14(19)7-15/h2-4,7-8,10,16H,5-6,9,11-12H2,1H3/t16-/m1/s1. The van der Waals surface area contributed by atoms with E-state index in [-0.39, 0.29) is 24.4 Å². The number of benzene rings is 1. The lowest BCUT2D eigenvalue weighted by Crippen LogP contribution is -2.65. The number of hydrogen-bond acceptors (Lipinski definition) is 4. The van der Waals surface area contributed by atoms with Crippen LogP contribution < -0.4 is 0 Å². The van der Waals surface area contributed by atoms with Crippen LogP contribution in [-0.4, -0.2) is 75.6 Å². The van der Waals surface area contributed by atoms with Gasteiger partial charge < -0.3 is 9.80 Å². The fourth-order valence-corrected chi connectivity index (χ4v) is 3.76. The Labute approximate surface area is 156 Å². The SMILES string of the molecule is CN1CC(=O)N2CCN(Cc3cnn(-c4cccc(Cl)c4)c3)C[C@@H]2C1=O. The molecule has 4 rings (SSSR count). The van der Waals surface area contributed by atoms with Gasteiger partial charge in [0.25, 0.3) is 0 Å². The van der Waals surface area contributed by atoms with Crippen LogP contribution in [0.25, 0.3) is 5.69 Å². The van der Waals surface area contributed by atoms with Crippen LogP contribution in [0, 0.1) is 0 Å². The summed E-state index contributed by atoms with van der Waals surface area (Å²) in [5.41, 5.74) is 1.96. The Bertz CT molecular complexity index is 852. The zero-order valence-corrected chi connectivity index (χ0v) is 15.3. The zero-order chi connectivity index (χ0) is 18.3. The van der Waals surface area contributed by atoms with Gasteiger partial charge in [-0.2, -0.15) is 5.10 Å². The number of aromatic nitrogens is 2. The molecular formula is C18H20ClN5O2. The maximum Gasteiger partial charge on any atom is 0.246 e. The van der Waals surface area contributed by atoms with E-state index in [1.54, 1.807) is 16.6 Å². The van der Waals surface area contributed by atoms with E-state index < -0.39 is 0 Å². The fourth-order valence-electron chi connectivity index (χ4n) is 3.58. The number of amides is 2. The third-order valence-corrected chi connectivity index (χ3v) is 5.17. The van der Waals surface area contributed by atoms with E-state index in [0.29, 0.717) is 24.7 Å². The number of halogens is 1. The highest BCUT2D eigenvalue weighted by molar-refractivity contribution is 6.30. The van der Waals surface area contributed by atoms with Crippen LogP contribution in [0.15, 0.2) is 36.7 Å². The van der Waals surface area contributed by atoms with Gasteiger partial charge in [0.1, 0.15) is 6.04 Å².